The van der Waals surface area contributed by atoms with E-state index < -0.39 is 10.0 Å². The molecule has 0 fully saturated rings. The van der Waals surface area contributed by atoms with Crippen LogP contribution in [0.2, 0.25) is 0 Å². The van der Waals surface area contributed by atoms with Crippen LogP contribution < -0.4 is 19.1 Å². The second-order valence-corrected chi connectivity index (χ2v) is 10.9. The van der Waals surface area contributed by atoms with E-state index >= 15 is 0 Å². The molecule has 4 rings (SSSR count). The van der Waals surface area contributed by atoms with Gasteiger partial charge in [-0.15, -0.1) is 0 Å². The zero-order chi connectivity index (χ0) is 27.7. The van der Waals surface area contributed by atoms with Crippen molar-refractivity contribution >= 4 is 21.6 Å². The Morgan fingerprint density at radius 3 is 2.08 bits per heavy atom. The largest absolute Gasteiger partial charge is 0.497 e. The average Bonchev–Trinajstić information content (AvgIpc) is 2.96. The van der Waals surface area contributed by atoms with Crippen molar-refractivity contribution in [2.24, 2.45) is 0 Å². The Hall–Kier alpha value is -4.30. The second-order valence-electron chi connectivity index (χ2n) is 9.04. The first-order valence-electron chi connectivity index (χ1n) is 12.6. The van der Waals surface area contributed by atoms with E-state index in [1.165, 1.54) is 4.31 Å². The number of nitrogens with one attached hydrogen (secondary N) is 1. The number of nitrogens with zero attached hydrogens (tertiary/aromatic N) is 1. The summed E-state index contributed by atoms with van der Waals surface area (Å²) in [6, 6.07) is 30.6. The SMILES string of the molecule is COc1ccc(CCNC(=O)COc2ccc(N(Cc3ccccc3)S(=O)(=O)c3ccc(C)cc3)cc2)cc1. The Balaban J connectivity index is 1.39. The molecular weight excluding hydrogens is 512 g/mol. The minimum atomic E-state index is -3.82. The molecule has 0 saturated heterocycles. The van der Waals surface area contributed by atoms with Gasteiger partial charge in [-0.25, -0.2) is 8.42 Å². The summed E-state index contributed by atoms with van der Waals surface area (Å²) in [6.07, 6.45) is 0.692. The Labute approximate surface area is 230 Å². The minimum absolute atomic E-state index is 0.142. The van der Waals surface area contributed by atoms with Gasteiger partial charge in [-0.1, -0.05) is 60.2 Å². The number of sulfonamides is 1. The van der Waals surface area contributed by atoms with Crippen molar-refractivity contribution in [1.82, 2.24) is 5.32 Å². The maximum Gasteiger partial charge on any atom is 0.264 e. The summed E-state index contributed by atoms with van der Waals surface area (Å²) in [5.41, 5.74) is 3.43. The molecule has 202 valence electrons. The monoisotopic (exact) mass is 544 g/mol. The second kappa shape index (κ2) is 13.0. The summed E-state index contributed by atoms with van der Waals surface area (Å²) in [5.74, 6) is 1.02. The molecule has 0 aliphatic heterocycles. The quantitative estimate of drug-likeness (QED) is 0.267. The van der Waals surface area contributed by atoms with Gasteiger partial charge in [0.05, 0.1) is 24.2 Å². The molecule has 4 aromatic carbocycles. The first kappa shape index (κ1) is 27.7. The highest BCUT2D eigenvalue weighted by atomic mass is 32.2. The van der Waals surface area contributed by atoms with Gasteiger partial charge in [-0.3, -0.25) is 9.10 Å². The molecule has 0 heterocycles. The molecule has 0 unspecified atom stereocenters. The Kier molecular flexibility index (Phi) is 9.22. The van der Waals surface area contributed by atoms with Gasteiger partial charge >= 0.3 is 0 Å². The highest BCUT2D eigenvalue weighted by molar-refractivity contribution is 7.92. The lowest BCUT2D eigenvalue weighted by atomic mass is 10.1. The number of anilines is 1. The summed E-state index contributed by atoms with van der Waals surface area (Å²) >= 11 is 0. The van der Waals surface area contributed by atoms with Crippen LogP contribution in [0.4, 0.5) is 5.69 Å². The molecule has 0 aromatic heterocycles. The molecule has 0 aliphatic rings. The first-order chi connectivity index (χ1) is 18.8. The highest BCUT2D eigenvalue weighted by Gasteiger charge is 2.25. The topological polar surface area (TPSA) is 84.9 Å². The Morgan fingerprint density at radius 2 is 1.44 bits per heavy atom. The van der Waals surface area contributed by atoms with E-state index in [0.717, 1.165) is 22.4 Å². The predicted octanol–water partition coefficient (Wildman–Crippen LogP) is 5.14. The number of benzene rings is 4. The van der Waals surface area contributed by atoms with Gasteiger partial charge in [0, 0.05) is 6.54 Å². The number of ether oxygens (including phenoxy) is 2. The van der Waals surface area contributed by atoms with E-state index in [-0.39, 0.29) is 24.0 Å². The Morgan fingerprint density at radius 1 is 0.795 bits per heavy atom. The molecule has 0 spiro atoms. The van der Waals surface area contributed by atoms with E-state index in [9.17, 15) is 13.2 Å². The van der Waals surface area contributed by atoms with Crippen molar-refractivity contribution in [2.45, 2.75) is 24.8 Å². The van der Waals surface area contributed by atoms with E-state index in [0.29, 0.717) is 24.4 Å². The van der Waals surface area contributed by atoms with Crippen molar-refractivity contribution in [3.05, 3.63) is 120 Å². The van der Waals surface area contributed by atoms with Crippen LogP contribution in [0.3, 0.4) is 0 Å². The van der Waals surface area contributed by atoms with Gasteiger partial charge in [0.1, 0.15) is 11.5 Å². The molecule has 8 heteroatoms. The van der Waals surface area contributed by atoms with Crippen molar-refractivity contribution in [1.29, 1.82) is 0 Å². The highest BCUT2D eigenvalue weighted by Crippen LogP contribution is 2.28. The van der Waals surface area contributed by atoms with Gasteiger partial charge in [-0.2, -0.15) is 0 Å². The number of hydrogen-bond donors (Lipinski definition) is 1. The number of aryl methyl sites for hydroxylation is 1. The van der Waals surface area contributed by atoms with Gasteiger partial charge < -0.3 is 14.8 Å². The van der Waals surface area contributed by atoms with Crippen molar-refractivity contribution in [3.8, 4) is 11.5 Å². The maximum atomic E-state index is 13.6. The smallest absolute Gasteiger partial charge is 0.264 e. The molecule has 0 radical (unpaired) electrons. The normalized spacial score (nSPS) is 11.0. The van der Waals surface area contributed by atoms with Crippen molar-refractivity contribution in [2.75, 3.05) is 24.6 Å². The minimum Gasteiger partial charge on any atom is -0.497 e. The third kappa shape index (κ3) is 7.61. The molecule has 0 atom stereocenters. The molecule has 0 saturated carbocycles. The van der Waals surface area contributed by atoms with E-state index in [1.54, 1.807) is 55.6 Å². The van der Waals surface area contributed by atoms with Crippen LogP contribution in [-0.2, 0) is 27.8 Å². The third-order valence-corrected chi connectivity index (χ3v) is 7.96. The van der Waals surface area contributed by atoms with Crippen LogP contribution >= 0.6 is 0 Å². The summed E-state index contributed by atoms with van der Waals surface area (Å²) in [4.78, 5) is 12.5. The lowest BCUT2D eigenvalue weighted by Crippen LogP contribution is -2.31. The zero-order valence-corrected chi connectivity index (χ0v) is 22.9. The van der Waals surface area contributed by atoms with Gasteiger partial charge in [0.25, 0.3) is 15.9 Å². The fourth-order valence-electron chi connectivity index (χ4n) is 3.95. The van der Waals surface area contributed by atoms with Crippen LogP contribution in [0.5, 0.6) is 11.5 Å². The van der Waals surface area contributed by atoms with E-state index in [1.807, 2.05) is 61.5 Å². The summed E-state index contributed by atoms with van der Waals surface area (Å²) in [5, 5.41) is 2.85. The third-order valence-electron chi connectivity index (χ3n) is 6.17. The van der Waals surface area contributed by atoms with Gasteiger partial charge in [-0.05, 0) is 73.0 Å². The molecule has 7 nitrogen and oxygen atoms in total. The van der Waals surface area contributed by atoms with Crippen LogP contribution in [-0.4, -0.2) is 34.6 Å². The molecule has 0 bridgehead atoms. The number of rotatable bonds is 12. The number of carbonyl (C=O) groups is 1. The fourth-order valence-corrected chi connectivity index (χ4v) is 5.40. The molecule has 4 aromatic rings. The molecule has 39 heavy (non-hydrogen) atoms. The number of carbonyl (C=O) groups excluding carboxylic acids is 1. The summed E-state index contributed by atoms with van der Waals surface area (Å²) in [7, 11) is -2.20. The summed E-state index contributed by atoms with van der Waals surface area (Å²) in [6.45, 7) is 2.43. The predicted molar refractivity (Wildman–Crippen MR) is 153 cm³/mol. The van der Waals surface area contributed by atoms with Crippen LogP contribution in [0.25, 0.3) is 0 Å². The molecular formula is C31H32N2O5S. The van der Waals surface area contributed by atoms with Gasteiger partial charge in [0.15, 0.2) is 6.61 Å². The lowest BCUT2D eigenvalue weighted by molar-refractivity contribution is -0.123. The first-order valence-corrected chi connectivity index (χ1v) is 14.0. The zero-order valence-electron chi connectivity index (χ0n) is 22.0. The van der Waals surface area contributed by atoms with E-state index in [2.05, 4.69) is 5.32 Å². The Bertz CT molecular complexity index is 1450. The molecule has 0 aliphatic carbocycles. The van der Waals surface area contributed by atoms with Gasteiger partial charge in [0.2, 0.25) is 0 Å². The average molecular weight is 545 g/mol. The lowest BCUT2D eigenvalue weighted by Gasteiger charge is -2.25. The molecule has 1 N–H and O–H groups in total. The summed E-state index contributed by atoms with van der Waals surface area (Å²) < 4.78 is 39.4. The van der Waals surface area contributed by atoms with Crippen LogP contribution in [0, 0.1) is 6.92 Å². The maximum absolute atomic E-state index is 13.6. The van der Waals surface area contributed by atoms with Crippen molar-refractivity contribution < 1.29 is 22.7 Å². The molecule has 1 amide bonds. The van der Waals surface area contributed by atoms with Crippen LogP contribution in [0.1, 0.15) is 16.7 Å². The number of amides is 1. The standard InChI is InChI=1S/C31H32N2O5S/c1-24-8-18-30(19-9-24)39(35,36)33(22-26-6-4-3-5-7-26)27-12-16-29(17-13-27)38-23-31(34)32-21-20-25-10-14-28(37-2)15-11-25/h3-19H,20-23H2,1-2H3,(H,32,34). The van der Waals surface area contributed by atoms with Crippen molar-refractivity contribution in [3.63, 3.8) is 0 Å². The number of hydrogen-bond acceptors (Lipinski definition) is 5. The van der Waals surface area contributed by atoms with Crippen LogP contribution in [0.15, 0.2) is 108 Å². The number of methoxy groups -OCH3 is 1. The van der Waals surface area contributed by atoms with E-state index in [4.69, 9.17) is 9.47 Å². The fraction of sp³-hybridized carbons (Fsp3) is 0.194.